The van der Waals surface area contributed by atoms with Crippen LogP contribution in [0.4, 0.5) is 0 Å². The third kappa shape index (κ3) is 8.54. The Morgan fingerprint density at radius 3 is 2.00 bits per heavy atom. The highest BCUT2D eigenvalue weighted by molar-refractivity contribution is 7.89. The van der Waals surface area contributed by atoms with E-state index >= 15 is 0 Å². The molecule has 39 heavy (non-hydrogen) atoms. The normalized spacial score (nSPS) is 13.1. The second kappa shape index (κ2) is 13.9. The Labute approximate surface area is 240 Å². The zero-order chi connectivity index (χ0) is 28.6. The minimum Gasteiger partial charge on any atom is -0.352 e. The molecular weight excluding hydrogens is 557 g/mol. The lowest BCUT2D eigenvalue weighted by molar-refractivity contribution is -0.141. The molecule has 2 amide bonds. The molecule has 3 rings (SSSR count). The summed E-state index contributed by atoms with van der Waals surface area (Å²) in [5.41, 5.74) is 1.63. The summed E-state index contributed by atoms with van der Waals surface area (Å²) in [4.78, 5) is 28.9. The highest BCUT2D eigenvalue weighted by Crippen LogP contribution is 2.20. The fraction of sp³-hybridized carbons (Fsp3) is 0.310. The summed E-state index contributed by atoms with van der Waals surface area (Å²) in [6.45, 7) is 3.50. The van der Waals surface area contributed by atoms with E-state index < -0.39 is 28.5 Å². The van der Waals surface area contributed by atoms with Crippen molar-refractivity contribution in [1.29, 1.82) is 0 Å². The maximum absolute atomic E-state index is 13.8. The lowest BCUT2D eigenvalue weighted by Crippen LogP contribution is -2.54. The average Bonchev–Trinajstić information content (AvgIpc) is 2.92. The van der Waals surface area contributed by atoms with Crippen molar-refractivity contribution in [2.75, 3.05) is 13.6 Å². The first-order chi connectivity index (χ1) is 18.5. The molecule has 1 N–H and O–H groups in total. The van der Waals surface area contributed by atoms with Crippen molar-refractivity contribution in [2.24, 2.45) is 0 Å². The zero-order valence-corrected chi connectivity index (χ0v) is 24.5. The number of carbonyl (C=O) groups is 2. The zero-order valence-electron chi connectivity index (χ0n) is 22.2. The average molecular weight is 591 g/mol. The molecule has 3 aromatic rings. The fourth-order valence-corrected chi connectivity index (χ4v) is 5.31. The summed E-state index contributed by atoms with van der Waals surface area (Å²) in [5, 5.41) is 3.94. The monoisotopic (exact) mass is 589 g/mol. The molecule has 10 heteroatoms. The smallest absolute Gasteiger partial charge is 0.243 e. The van der Waals surface area contributed by atoms with Gasteiger partial charge in [0.15, 0.2) is 0 Å². The first kappa shape index (κ1) is 30.6. The summed E-state index contributed by atoms with van der Waals surface area (Å²) in [6.07, 6.45) is 0.979. The number of nitrogens with zero attached hydrogens (tertiary/aromatic N) is 2. The van der Waals surface area contributed by atoms with Gasteiger partial charge in [-0.25, -0.2) is 8.42 Å². The number of hydrogen-bond acceptors (Lipinski definition) is 4. The molecule has 0 aromatic heterocycles. The topological polar surface area (TPSA) is 86.8 Å². The van der Waals surface area contributed by atoms with Crippen molar-refractivity contribution in [3.63, 3.8) is 0 Å². The molecule has 0 fully saturated rings. The maximum Gasteiger partial charge on any atom is 0.243 e. The Balaban J connectivity index is 1.97. The van der Waals surface area contributed by atoms with Gasteiger partial charge in [-0.2, -0.15) is 4.31 Å². The van der Waals surface area contributed by atoms with Gasteiger partial charge >= 0.3 is 0 Å². The van der Waals surface area contributed by atoms with Crippen molar-refractivity contribution >= 4 is 45.0 Å². The number of hydrogen-bond donors (Lipinski definition) is 1. The molecule has 208 valence electrons. The highest BCUT2D eigenvalue weighted by Gasteiger charge is 2.33. The molecule has 7 nitrogen and oxygen atoms in total. The van der Waals surface area contributed by atoms with Crippen molar-refractivity contribution in [1.82, 2.24) is 14.5 Å². The van der Waals surface area contributed by atoms with Crippen LogP contribution in [-0.4, -0.2) is 55.1 Å². The summed E-state index contributed by atoms with van der Waals surface area (Å²) in [6, 6.07) is 21.2. The van der Waals surface area contributed by atoms with Crippen LogP contribution in [0.1, 0.15) is 31.4 Å². The number of carbonyl (C=O) groups excluding carboxylic acids is 2. The Morgan fingerprint density at radius 1 is 0.872 bits per heavy atom. The van der Waals surface area contributed by atoms with E-state index in [0.29, 0.717) is 10.0 Å². The second-order valence-electron chi connectivity index (χ2n) is 9.39. The predicted molar refractivity (Wildman–Crippen MR) is 155 cm³/mol. The van der Waals surface area contributed by atoms with Gasteiger partial charge in [0.05, 0.1) is 11.4 Å². The van der Waals surface area contributed by atoms with Crippen LogP contribution >= 0.6 is 23.2 Å². The van der Waals surface area contributed by atoms with Gasteiger partial charge in [0, 0.05) is 36.1 Å². The quantitative estimate of drug-likeness (QED) is 0.316. The molecule has 0 spiro atoms. The Kier molecular flexibility index (Phi) is 10.9. The van der Waals surface area contributed by atoms with Crippen LogP contribution in [0.25, 0.3) is 0 Å². The first-order valence-corrected chi connectivity index (χ1v) is 14.8. The van der Waals surface area contributed by atoms with Gasteiger partial charge in [-0.15, -0.1) is 0 Å². The van der Waals surface area contributed by atoms with Crippen molar-refractivity contribution < 1.29 is 18.0 Å². The SMILES string of the molecule is CCC(C)NC(=O)C(Cc1ccccc1)N(Cc1ccc(Cl)cc1)C(=O)CN(C)S(=O)(=O)c1ccc(Cl)cc1. The molecule has 2 unspecified atom stereocenters. The first-order valence-electron chi connectivity index (χ1n) is 12.6. The van der Waals surface area contributed by atoms with Crippen molar-refractivity contribution in [2.45, 2.75) is 50.2 Å². The molecule has 0 heterocycles. The van der Waals surface area contributed by atoms with Crippen LogP contribution < -0.4 is 5.32 Å². The van der Waals surface area contributed by atoms with E-state index in [9.17, 15) is 18.0 Å². The van der Waals surface area contributed by atoms with Gasteiger partial charge < -0.3 is 10.2 Å². The van der Waals surface area contributed by atoms with Crippen molar-refractivity contribution in [3.05, 3.63) is 100 Å². The summed E-state index contributed by atoms with van der Waals surface area (Å²) in [5.74, 6) is -0.816. The number of likely N-dealkylation sites (N-methyl/N-ethyl adjacent to an activating group) is 1. The molecule has 0 saturated heterocycles. The van der Waals surface area contributed by atoms with Crippen molar-refractivity contribution in [3.8, 4) is 0 Å². The number of rotatable bonds is 12. The molecule has 0 aliphatic rings. The minimum atomic E-state index is -3.98. The molecule has 3 aromatic carbocycles. The number of benzene rings is 3. The number of halogens is 2. The lowest BCUT2D eigenvalue weighted by Gasteiger charge is -2.33. The molecule has 0 aliphatic heterocycles. The molecular formula is C29H33Cl2N3O4S. The Bertz CT molecular complexity index is 1350. The van der Waals surface area contributed by atoms with Gasteiger partial charge in [-0.05, 0) is 60.9 Å². The summed E-state index contributed by atoms with van der Waals surface area (Å²) < 4.78 is 27.4. The Morgan fingerprint density at radius 2 is 1.44 bits per heavy atom. The second-order valence-corrected chi connectivity index (χ2v) is 12.3. The molecule has 0 saturated carbocycles. The van der Waals surface area contributed by atoms with Gasteiger partial charge in [0.1, 0.15) is 6.04 Å². The number of nitrogens with one attached hydrogen (secondary N) is 1. The molecule has 0 bridgehead atoms. The molecule has 0 radical (unpaired) electrons. The fourth-order valence-electron chi connectivity index (χ4n) is 3.93. The minimum absolute atomic E-state index is 0.0156. The third-order valence-corrected chi connectivity index (χ3v) is 8.74. The molecule has 0 aliphatic carbocycles. The Hall–Kier alpha value is -2.91. The standard InChI is InChI=1S/C29H33Cl2N3O4S/c1-4-21(2)32-29(36)27(18-22-8-6-5-7-9-22)34(19-23-10-12-24(30)13-11-23)28(35)20-33(3)39(37,38)26-16-14-25(31)15-17-26/h5-17,21,27H,4,18-20H2,1-3H3,(H,32,36). The van der Waals surface area contributed by atoms with Gasteiger partial charge in [0.25, 0.3) is 0 Å². The number of amides is 2. The lowest BCUT2D eigenvalue weighted by atomic mass is 10.0. The van der Waals surface area contributed by atoms with Gasteiger partial charge in [-0.3, -0.25) is 9.59 Å². The van der Waals surface area contributed by atoms with Crippen LogP contribution in [-0.2, 0) is 32.6 Å². The van der Waals surface area contributed by atoms with E-state index in [0.717, 1.165) is 21.9 Å². The third-order valence-electron chi connectivity index (χ3n) is 6.42. The summed E-state index contributed by atoms with van der Waals surface area (Å²) >= 11 is 12.0. The van der Waals surface area contributed by atoms with Crippen LogP contribution in [0.5, 0.6) is 0 Å². The van der Waals surface area contributed by atoms with E-state index in [-0.39, 0.29) is 29.8 Å². The molecule has 2 atom stereocenters. The maximum atomic E-state index is 13.8. The highest BCUT2D eigenvalue weighted by atomic mass is 35.5. The summed E-state index contributed by atoms with van der Waals surface area (Å²) in [7, 11) is -2.64. The van der Waals surface area contributed by atoms with Crippen LogP contribution in [0.3, 0.4) is 0 Å². The van der Waals surface area contributed by atoms with E-state index in [1.54, 1.807) is 24.3 Å². The van der Waals surface area contributed by atoms with Crippen LogP contribution in [0.15, 0.2) is 83.8 Å². The van der Waals surface area contributed by atoms with Crippen LogP contribution in [0.2, 0.25) is 10.0 Å². The van der Waals surface area contributed by atoms with Gasteiger partial charge in [-0.1, -0.05) is 72.6 Å². The predicted octanol–water partition coefficient (Wildman–Crippen LogP) is 5.17. The number of sulfonamides is 1. The van der Waals surface area contributed by atoms with Crippen LogP contribution in [0, 0.1) is 0 Å². The van der Waals surface area contributed by atoms with E-state index in [4.69, 9.17) is 23.2 Å². The largest absolute Gasteiger partial charge is 0.352 e. The van der Waals surface area contributed by atoms with Gasteiger partial charge in [0.2, 0.25) is 21.8 Å². The van der Waals surface area contributed by atoms with E-state index in [1.807, 2.05) is 44.2 Å². The van der Waals surface area contributed by atoms with E-state index in [2.05, 4.69) is 5.32 Å². The van der Waals surface area contributed by atoms with E-state index in [1.165, 1.54) is 36.2 Å².